The van der Waals surface area contributed by atoms with Gasteiger partial charge in [-0.25, -0.2) is 0 Å². The minimum atomic E-state index is -7.40. The molecule has 0 aliphatic rings. The third-order valence-corrected chi connectivity index (χ3v) is 5.99. The smallest absolute Gasteiger partial charge is 0.264 e. The second-order valence-electron chi connectivity index (χ2n) is 7.09. The van der Waals surface area contributed by atoms with Crippen LogP contribution in [0.15, 0.2) is 59.8 Å². The van der Waals surface area contributed by atoms with Crippen molar-refractivity contribution in [1.29, 1.82) is 0 Å². The minimum Gasteiger partial charge on any atom is -0.264 e. The maximum absolute atomic E-state index is 13.8. The Bertz CT molecular complexity index is 1380. The van der Waals surface area contributed by atoms with Crippen LogP contribution < -0.4 is 0 Å². The van der Waals surface area contributed by atoms with E-state index in [9.17, 15) is 47.9 Å². The first-order valence-corrected chi connectivity index (χ1v) is 10.4. The number of alkyl halides is 9. The number of rotatable bonds is 6. The van der Waals surface area contributed by atoms with E-state index < -0.39 is 39.1 Å². The van der Waals surface area contributed by atoms with E-state index in [0.29, 0.717) is 16.2 Å². The van der Waals surface area contributed by atoms with E-state index in [2.05, 4.69) is 9.44 Å². The second-order valence-corrected chi connectivity index (χ2v) is 8.66. The van der Waals surface area contributed by atoms with Crippen molar-refractivity contribution in [2.45, 2.75) is 30.2 Å². The summed E-state index contributed by atoms with van der Waals surface area (Å²) in [6.07, 6.45) is -7.18. The van der Waals surface area contributed by atoms with E-state index in [1.807, 2.05) is 0 Å². The van der Waals surface area contributed by atoms with Crippen LogP contribution in [0.2, 0.25) is 0 Å². The number of nitrogens with zero attached hydrogens (tertiary/aromatic N) is 1. The van der Waals surface area contributed by atoms with Crippen molar-refractivity contribution in [2.24, 2.45) is 5.16 Å². The molecule has 0 amide bonds. The van der Waals surface area contributed by atoms with Crippen LogP contribution in [0.4, 0.5) is 39.5 Å². The molecule has 0 saturated heterocycles. The van der Waals surface area contributed by atoms with E-state index >= 15 is 0 Å². The Balaban J connectivity index is 2.01. The molecule has 0 atom stereocenters. The van der Waals surface area contributed by atoms with Gasteiger partial charge in [-0.3, -0.25) is 4.28 Å². The number of benzene rings is 3. The molecule has 0 aliphatic carbocycles. The lowest BCUT2D eigenvalue weighted by Gasteiger charge is -2.31. The van der Waals surface area contributed by atoms with Gasteiger partial charge < -0.3 is 0 Å². The summed E-state index contributed by atoms with van der Waals surface area (Å²) in [5, 5.41) is -1.67. The fourth-order valence-electron chi connectivity index (χ4n) is 3.00. The van der Waals surface area contributed by atoms with Gasteiger partial charge in [-0.2, -0.15) is 47.9 Å². The number of oxime groups is 1. The molecule has 14 heteroatoms. The Morgan fingerprint density at radius 3 is 1.85 bits per heavy atom. The lowest BCUT2D eigenvalue weighted by Crippen LogP contribution is -2.63. The minimum absolute atomic E-state index is 0.0918. The average molecular weight is 517 g/mol. The van der Waals surface area contributed by atoms with E-state index in [4.69, 9.17) is 0 Å². The summed E-state index contributed by atoms with van der Waals surface area (Å²) in [7, 11) is -7.10. The molecule has 0 unspecified atom stereocenters. The van der Waals surface area contributed by atoms with Crippen LogP contribution in [-0.4, -0.2) is 37.4 Å². The van der Waals surface area contributed by atoms with Crippen molar-refractivity contribution < 1.29 is 52.2 Å². The highest BCUT2D eigenvalue weighted by atomic mass is 32.2. The summed E-state index contributed by atoms with van der Waals surface area (Å²) >= 11 is 0. The van der Waals surface area contributed by atoms with Gasteiger partial charge in [0, 0.05) is 5.56 Å². The van der Waals surface area contributed by atoms with Crippen LogP contribution in [0.5, 0.6) is 0 Å². The van der Waals surface area contributed by atoms with Gasteiger partial charge in [0.1, 0.15) is 0 Å². The summed E-state index contributed by atoms with van der Waals surface area (Å²) in [5.74, 6) is -14.8. The largest absolute Gasteiger partial charge is 0.460 e. The van der Waals surface area contributed by atoms with Gasteiger partial charge in [-0.15, -0.1) is 0 Å². The zero-order valence-electron chi connectivity index (χ0n) is 16.7. The number of hydrogen-bond donors (Lipinski definition) is 0. The number of halogens is 9. The first kappa shape index (κ1) is 25.6. The van der Waals surface area contributed by atoms with E-state index in [1.165, 1.54) is 12.1 Å². The summed E-state index contributed by atoms with van der Waals surface area (Å²) < 4.78 is 144. The van der Waals surface area contributed by atoms with Crippen molar-refractivity contribution in [3.05, 3.63) is 60.2 Å². The van der Waals surface area contributed by atoms with Crippen LogP contribution in [0.25, 0.3) is 21.5 Å². The van der Waals surface area contributed by atoms with Crippen molar-refractivity contribution in [2.75, 3.05) is 0 Å². The Morgan fingerprint density at radius 1 is 0.765 bits per heavy atom. The zero-order chi connectivity index (χ0) is 25.7. The van der Waals surface area contributed by atoms with Crippen LogP contribution >= 0.6 is 0 Å². The third-order valence-electron chi connectivity index (χ3n) is 4.84. The fraction of sp³-hybridized carbons (Fsp3) is 0.250. The van der Waals surface area contributed by atoms with Crippen LogP contribution in [0.1, 0.15) is 12.5 Å². The Labute approximate surface area is 185 Å². The highest BCUT2D eigenvalue weighted by molar-refractivity contribution is 7.87. The molecule has 34 heavy (non-hydrogen) atoms. The number of fused-ring (bicyclic) bond motifs is 2. The molecule has 184 valence electrons. The molecule has 0 radical (unpaired) electrons. The molecule has 0 fully saturated rings. The molecule has 4 nitrogen and oxygen atoms in total. The molecule has 0 aromatic heterocycles. The summed E-state index contributed by atoms with van der Waals surface area (Å²) in [6.45, 7) is 1.03. The predicted octanol–water partition coefficient (Wildman–Crippen LogP) is 6.49. The molecule has 0 spiro atoms. The Hall–Kier alpha value is -3.03. The van der Waals surface area contributed by atoms with E-state index in [1.54, 1.807) is 42.5 Å². The average Bonchev–Trinajstić information content (AvgIpc) is 2.74. The Morgan fingerprint density at radius 2 is 1.29 bits per heavy atom. The molecule has 0 saturated carbocycles. The summed E-state index contributed by atoms with van der Waals surface area (Å²) in [5.41, 5.74) is -0.375. The van der Waals surface area contributed by atoms with Crippen LogP contribution in [0, 0.1) is 0 Å². The maximum atomic E-state index is 13.8. The van der Waals surface area contributed by atoms with Crippen molar-refractivity contribution in [3.63, 3.8) is 0 Å². The number of hydrogen-bond acceptors (Lipinski definition) is 4. The molecule has 0 bridgehead atoms. The predicted molar refractivity (Wildman–Crippen MR) is 105 cm³/mol. The summed E-state index contributed by atoms with van der Waals surface area (Å²) in [4.78, 5) is 0. The van der Waals surface area contributed by atoms with E-state index in [0.717, 1.165) is 12.3 Å². The molecule has 3 rings (SSSR count). The topological polar surface area (TPSA) is 55.7 Å². The van der Waals surface area contributed by atoms with Gasteiger partial charge in [-0.05, 0) is 40.6 Å². The highest BCUT2D eigenvalue weighted by Gasteiger charge is 2.86. The normalized spacial score (nSPS) is 14.6. The molecule has 0 N–H and O–H groups in total. The van der Waals surface area contributed by atoms with Gasteiger partial charge in [0.05, 0.1) is 5.71 Å². The van der Waals surface area contributed by atoms with Crippen molar-refractivity contribution >= 4 is 37.4 Å². The van der Waals surface area contributed by atoms with Crippen LogP contribution in [-0.2, 0) is 14.4 Å². The van der Waals surface area contributed by atoms with E-state index in [-0.39, 0.29) is 5.56 Å². The molecular weight excluding hydrogens is 505 g/mol. The highest BCUT2D eigenvalue weighted by Crippen LogP contribution is 2.55. The maximum Gasteiger partial charge on any atom is 0.460 e. The molecule has 0 aliphatic heterocycles. The second kappa shape index (κ2) is 8.03. The first-order chi connectivity index (χ1) is 15.4. The lowest BCUT2D eigenvalue weighted by molar-refractivity contribution is -0.382. The van der Waals surface area contributed by atoms with Crippen molar-refractivity contribution in [3.8, 4) is 0 Å². The summed E-state index contributed by atoms with van der Waals surface area (Å²) in [6, 6.07) is 14.8. The first-order valence-electron chi connectivity index (χ1n) is 9.04. The fourth-order valence-corrected chi connectivity index (χ4v) is 3.75. The van der Waals surface area contributed by atoms with Crippen LogP contribution in [0.3, 0.4) is 0 Å². The lowest BCUT2D eigenvalue weighted by atomic mass is 9.98. The SMILES string of the molecule is C/C(=N\OS(=O)(=O)C(F)(F)C(F)(F)C(F)(F)C(F)(F)F)c1cccc2cc3ccccc3cc12. The molecule has 0 heterocycles. The zero-order valence-corrected chi connectivity index (χ0v) is 17.5. The molecule has 3 aromatic rings. The van der Waals surface area contributed by atoms with Gasteiger partial charge in [0.25, 0.3) is 0 Å². The van der Waals surface area contributed by atoms with Crippen molar-refractivity contribution in [1.82, 2.24) is 0 Å². The molecule has 3 aromatic carbocycles. The standard InChI is InChI=1S/C20H12F9NO3S/c1-11(15-8-4-7-14-9-12-5-2-3-6-13(12)10-16(14)15)30-33-34(31,32)20(28,29)18(23,24)17(21,22)19(25,26)27/h2-10H,1H3/b30-11+. The van der Waals surface area contributed by atoms with Gasteiger partial charge in [0.15, 0.2) is 0 Å². The quantitative estimate of drug-likeness (QED) is 0.163. The van der Waals surface area contributed by atoms with Gasteiger partial charge in [0.2, 0.25) is 0 Å². The van der Waals surface area contributed by atoms with Gasteiger partial charge in [-0.1, -0.05) is 47.6 Å². The molecular formula is C20H12F9NO3S. The third kappa shape index (κ3) is 3.93. The monoisotopic (exact) mass is 517 g/mol. The Kier molecular flexibility index (Phi) is 6.04. The van der Waals surface area contributed by atoms with Gasteiger partial charge >= 0.3 is 33.4 Å².